The zero-order chi connectivity index (χ0) is 17.3. The highest BCUT2D eigenvalue weighted by atomic mass is 32.1. The van der Waals surface area contributed by atoms with Crippen LogP contribution in [0.2, 0.25) is 0 Å². The summed E-state index contributed by atoms with van der Waals surface area (Å²) >= 11 is 1.38. The third kappa shape index (κ3) is 2.95. The molecule has 0 saturated carbocycles. The van der Waals surface area contributed by atoms with Gasteiger partial charge in [0.05, 0.1) is 18.4 Å². The molecule has 3 aromatic rings. The minimum absolute atomic E-state index is 0.0509. The lowest BCUT2D eigenvalue weighted by Crippen LogP contribution is -2.17. The number of aromatic nitrogens is 2. The van der Waals surface area contributed by atoms with Crippen LogP contribution in [0.1, 0.15) is 21.7 Å². The van der Waals surface area contributed by atoms with E-state index in [2.05, 4.69) is 4.98 Å². The molecule has 0 unspecified atom stereocenters. The number of primary amides is 1. The first-order valence-corrected chi connectivity index (χ1v) is 7.95. The van der Waals surface area contributed by atoms with E-state index in [1.165, 1.54) is 35.0 Å². The molecule has 7 nitrogen and oxygen atoms in total. The van der Waals surface area contributed by atoms with Gasteiger partial charge in [-0.1, -0.05) is 0 Å². The molecule has 124 valence electrons. The quantitative estimate of drug-likeness (QED) is 0.760. The van der Waals surface area contributed by atoms with Crippen LogP contribution in [0.15, 0.2) is 34.4 Å². The fourth-order valence-electron chi connectivity index (χ4n) is 2.28. The lowest BCUT2D eigenvalue weighted by atomic mass is 10.2. The largest absolute Gasteiger partial charge is 0.497 e. The van der Waals surface area contributed by atoms with E-state index in [0.29, 0.717) is 22.2 Å². The minimum atomic E-state index is -0.624. The second kappa shape index (κ2) is 6.32. The number of hydrogen-bond donors (Lipinski definition) is 1. The summed E-state index contributed by atoms with van der Waals surface area (Å²) in [6.45, 7) is 1.90. The number of hydrogen-bond acceptors (Lipinski definition) is 6. The maximum Gasteiger partial charge on any atom is 0.259 e. The third-order valence-electron chi connectivity index (χ3n) is 3.46. The first-order valence-electron chi connectivity index (χ1n) is 7.07. The highest BCUT2D eigenvalue weighted by molar-refractivity contribution is 7.15. The van der Waals surface area contributed by atoms with Crippen molar-refractivity contribution in [2.45, 2.75) is 13.5 Å². The summed E-state index contributed by atoms with van der Waals surface area (Å²) in [4.78, 5) is 28.7. The number of aryl methyl sites for hydroxylation is 1. The van der Waals surface area contributed by atoms with Gasteiger partial charge in [-0.2, -0.15) is 0 Å². The van der Waals surface area contributed by atoms with E-state index < -0.39 is 5.91 Å². The molecule has 0 saturated heterocycles. The number of amides is 1. The predicted molar refractivity (Wildman–Crippen MR) is 89.9 cm³/mol. The molecular weight excluding hydrogens is 330 g/mol. The second-order valence-electron chi connectivity index (χ2n) is 5.10. The Kier molecular flexibility index (Phi) is 4.22. The topological polar surface area (TPSA) is 95.9 Å². The summed E-state index contributed by atoms with van der Waals surface area (Å²) in [5, 5.41) is 1.86. The van der Waals surface area contributed by atoms with Gasteiger partial charge in [-0.3, -0.25) is 14.0 Å². The van der Waals surface area contributed by atoms with Gasteiger partial charge in [0.1, 0.15) is 18.1 Å². The van der Waals surface area contributed by atoms with Gasteiger partial charge in [-0.05, 0) is 25.1 Å². The van der Waals surface area contributed by atoms with Crippen molar-refractivity contribution < 1.29 is 14.3 Å². The van der Waals surface area contributed by atoms with Crippen molar-refractivity contribution in [3.05, 3.63) is 57.0 Å². The summed E-state index contributed by atoms with van der Waals surface area (Å²) in [6, 6.07) is 6.18. The van der Waals surface area contributed by atoms with Gasteiger partial charge in [0.15, 0.2) is 4.96 Å². The van der Waals surface area contributed by atoms with Crippen LogP contribution in [0.25, 0.3) is 4.96 Å². The minimum Gasteiger partial charge on any atom is -0.497 e. The first-order chi connectivity index (χ1) is 11.5. The Balaban J connectivity index is 1.88. The van der Waals surface area contributed by atoms with Gasteiger partial charge in [-0.15, -0.1) is 11.3 Å². The fraction of sp³-hybridized carbons (Fsp3) is 0.188. The summed E-state index contributed by atoms with van der Waals surface area (Å²) in [5.74, 6) is 0.192. The highest BCUT2D eigenvalue weighted by Crippen LogP contribution is 2.24. The Bertz CT molecular complexity index is 977. The van der Waals surface area contributed by atoms with Crippen LogP contribution in [0.4, 0.5) is 0 Å². The molecule has 1 amide bonds. The van der Waals surface area contributed by atoms with Crippen LogP contribution in [0, 0.1) is 6.92 Å². The van der Waals surface area contributed by atoms with E-state index in [1.54, 1.807) is 12.1 Å². The molecule has 0 fully saturated rings. The monoisotopic (exact) mass is 345 g/mol. The molecule has 3 rings (SSSR count). The molecule has 2 aromatic heterocycles. The Hall–Kier alpha value is -2.87. The van der Waals surface area contributed by atoms with Crippen molar-refractivity contribution in [3.63, 3.8) is 0 Å². The third-order valence-corrected chi connectivity index (χ3v) is 4.40. The molecule has 0 aliphatic carbocycles. The molecule has 0 aliphatic heterocycles. The smallest absolute Gasteiger partial charge is 0.259 e. The number of nitrogens with two attached hydrogens (primary N) is 1. The van der Waals surface area contributed by atoms with Crippen molar-refractivity contribution in [1.29, 1.82) is 0 Å². The SMILES string of the molecule is COc1ccc(OCc2cc(=O)n3c(C)csc3n2)c(C(N)=O)c1. The zero-order valence-corrected chi connectivity index (χ0v) is 13.9. The van der Waals surface area contributed by atoms with Crippen molar-refractivity contribution in [2.24, 2.45) is 5.73 Å². The molecule has 0 atom stereocenters. The van der Waals surface area contributed by atoms with Gasteiger partial charge in [0.25, 0.3) is 11.5 Å². The molecule has 24 heavy (non-hydrogen) atoms. The van der Waals surface area contributed by atoms with Crippen molar-refractivity contribution >= 4 is 22.2 Å². The number of carbonyl (C=O) groups is 1. The van der Waals surface area contributed by atoms with Gasteiger partial charge >= 0.3 is 0 Å². The van der Waals surface area contributed by atoms with E-state index in [-0.39, 0.29) is 17.7 Å². The van der Waals surface area contributed by atoms with E-state index in [4.69, 9.17) is 15.2 Å². The Labute approximate surface area is 141 Å². The molecule has 1 aromatic carbocycles. The number of benzene rings is 1. The summed E-state index contributed by atoms with van der Waals surface area (Å²) < 4.78 is 12.2. The number of nitrogens with zero attached hydrogens (tertiary/aromatic N) is 2. The summed E-state index contributed by atoms with van der Waals surface area (Å²) in [7, 11) is 1.50. The zero-order valence-electron chi connectivity index (χ0n) is 13.1. The average Bonchev–Trinajstić information content (AvgIpc) is 2.94. The van der Waals surface area contributed by atoms with Crippen LogP contribution in [0.5, 0.6) is 11.5 Å². The van der Waals surface area contributed by atoms with Crippen molar-refractivity contribution in [3.8, 4) is 11.5 Å². The highest BCUT2D eigenvalue weighted by Gasteiger charge is 2.12. The average molecular weight is 345 g/mol. The maximum atomic E-state index is 12.1. The molecule has 0 spiro atoms. The van der Waals surface area contributed by atoms with Gasteiger partial charge in [-0.25, -0.2) is 4.98 Å². The molecular formula is C16H15N3O4S. The molecule has 0 radical (unpaired) electrons. The number of fused-ring (bicyclic) bond motifs is 1. The van der Waals surface area contributed by atoms with Crippen LogP contribution in [-0.4, -0.2) is 22.4 Å². The molecule has 2 N–H and O–H groups in total. The molecule has 2 heterocycles. The summed E-state index contributed by atoms with van der Waals surface area (Å²) in [6.07, 6.45) is 0. The Morgan fingerprint density at radius 1 is 1.38 bits per heavy atom. The first kappa shape index (κ1) is 16.0. The van der Waals surface area contributed by atoms with Crippen LogP contribution < -0.4 is 20.8 Å². The Morgan fingerprint density at radius 2 is 2.17 bits per heavy atom. The van der Waals surface area contributed by atoms with Crippen LogP contribution >= 0.6 is 11.3 Å². The number of methoxy groups -OCH3 is 1. The van der Waals surface area contributed by atoms with Gasteiger partial charge < -0.3 is 15.2 Å². The lowest BCUT2D eigenvalue weighted by molar-refractivity contribution is 0.0995. The molecule has 0 bridgehead atoms. The molecule has 8 heteroatoms. The van der Waals surface area contributed by atoms with E-state index in [0.717, 1.165) is 5.69 Å². The van der Waals surface area contributed by atoms with Crippen molar-refractivity contribution in [1.82, 2.24) is 9.38 Å². The lowest BCUT2D eigenvalue weighted by Gasteiger charge is -2.10. The van der Waals surface area contributed by atoms with Crippen LogP contribution in [-0.2, 0) is 6.61 Å². The standard InChI is InChI=1S/C16H15N3O4S/c1-9-8-24-16-18-10(5-14(20)19(9)16)7-23-13-4-3-11(22-2)6-12(13)15(17)21/h3-6,8H,7H2,1-2H3,(H2,17,21). The number of rotatable bonds is 5. The maximum absolute atomic E-state index is 12.1. The van der Waals surface area contributed by atoms with E-state index in [1.807, 2.05) is 12.3 Å². The number of ether oxygens (including phenoxy) is 2. The van der Waals surface area contributed by atoms with E-state index in [9.17, 15) is 9.59 Å². The van der Waals surface area contributed by atoms with Crippen LogP contribution in [0.3, 0.4) is 0 Å². The van der Waals surface area contributed by atoms with Gasteiger partial charge in [0, 0.05) is 17.1 Å². The van der Waals surface area contributed by atoms with Gasteiger partial charge in [0.2, 0.25) is 0 Å². The summed E-state index contributed by atoms with van der Waals surface area (Å²) in [5.41, 5.74) is 6.73. The normalized spacial score (nSPS) is 10.8. The second-order valence-corrected chi connectivity index (χ2v) is 5.93. The fourth-order valence-corrected chi connectivity index (χ4v) is 3.17. The predicted octanol–water partition coefficient (Wildman–Crippen LogP) is 1.75. The Morgan fingerprint density at radius 3 is 2.88 bits per heavy atom. The van der Waals surface area contributed by atoms with E-state index >= 15 is 0 Å². The number of thiazole rings is 1. The molecule has 0 aliphatic rings. The van der Waals surface area contributed by atoms with Crippen molar-refractivity contribution in [2.75, 3.05) is 7.11 Å². The number of carbonyl (C=O) groups excluding carboxylic acids is 1.